The van der Waals surface area contributed by atoms with Gasteiger partial charge in [-0.05, 0) is 31.2 Å². The normalized spacial score (nSPS) is 13.1. The number of hydrogen-bond acceptors (Lipinski definition) is 4. The summed E-state index contributed by atoms with van der Waals surface area (Å²) in [6, 6.07) is 7.04. The number of rotatable bonds is 5. The smallest absolute Gasteiger partial charge is 0.330 e. The maximum atomic E-state index is 11.5. The van der Waals surface area contributed by atoms with E-state index >= 15 is 0 Å². The number of imidazole rings is 1. The van der Waals surface area contributed by atoms with Crippen LogP contribution in [0.2, 0.25) is 0 Å². The lowest BCUT2D eigenvalue weighted by Crippen LogP contribution is -2.25. The Morgan fingerprint density at radius 1 is 1.30 bits per heavy atom. The molecule has 1 atom stereocenters. The summed E-state index contributed by atoms with van der Waals surface area (Å²) in [5, 5.41) is 3.11. The van der Waals surface area contributed by atoms with Crippen molar-refractivity contribution in [3.8, 4) is 5.69 Å². The second kappa shape index (κ2) is 5.54. The fourth-order valence-electron chi connectivity index (χ4n) is 2.02. The van der Waals surface area contributed by atoms with Crippen LogP contribution in [0.25, 0.3) is 5.69 Å². The highest BCUT2D eigenvalue weighted by Gasteiger charge is 2.10. The minimum Gasteiger partial charge on any atom is -0.382 e. The molecule has 0 spiro atoms. The summed E-state index contributed by atoms with van der Waals surface area (Å²) in [5.74, 6) is 0.0754. The molecule has 0 saturated carbocycles. The van der Waals surface area contributed by atoms with Gasteiger partial charge in [0.25, 0.3) is 0 Å². The molecule has 6 nitrogen and oxygen atoms in total. The first-order valence-electron chi connectivity index (χ1n) is 6.16. The van der Waals surface area contributed by atoms with Crippen molar-refractivity contribution in [2.75, 3.05) is 17.3 Å². The Morgan fingerprint density at radius 3 is 2.45 bits per heavy atom. The number of nitrogens with one attached hydrogen (secondary N) is 2. The van der Waals surface area contributed by atoms with Gasteiger partial charge in [0.05, 0.1) is 11.4 Å². The van der Waals surface area contributed by atoms with Crippen LogP contribution in [0.5, 0.6) is 0 Å². The third-order valence-corrected chi connectivity index (χ3v) is 3.87. The number of benzene rings is 1. The quantitative estimate of drug-likeness (QED) is 0.862. The van der Waals surface area contributed by atoms with Gasteiger partial charge in [-0.15, -0.1) is 0 Å². The Bertz CT molecular complexity index is 729. The SMILES string of the molecule is CC(CS(C)(=O)=O)Nc1ccc(-n2cc[nH]c2=O)cc1. The summed E-state index contributed by atoms with van der Waals surface area (Å²) in [6.07, 6.45) is 4.44. The third-order valence-electron chi connectivity index (χ3n) is 2.76. The highest BCUT2D eigenvalue weighted by molar-refractivity contribution is 7.90. The van der Waals surface area contributed by atoms with Gasteiger partial charge in [0.1, 0.15) is 9.84 Å². The third kappa shape index (κ3) is 3.74. The lowest BCUT2D eigenvalue weighted by atomic mass is 10.2. The van der Waals surface area contributed by atoms with Crippen molar-refractivity contribution in [1.82, 2.24) is 9.55 Å². The van der Waals surface area contributed by atoms with E-state index in [1.165, 1.54) is 10.8 Å². The molecular formula is C13H17N3O3S. The van der Waals surface area contributed by atoms with Crippen molar-refractivity contribution in [2.24, 2.45) is 0 Å². The molecule has 2 N–H and O–H groups in total. The van der Waals surface area contributed by atoms with Crippen LogP contribution >= 0.6 is 0 Å². The lowest BCUT2D eigenvalue weighted by molar-refractivity contribution is 0.598. The van der Waals surface area contributed by atoms with E-state index in [4.69, 9.17) is 0 Å². The molecule has 0 aliphatic heterocycles. The highest BCUT2D eigenvalue weighted by Crippen LogP contribution is 2.13. The van der Waals surface area contributed by atoms with E-state index in [2.05, 4.69) is 10.3 Å². The number of H-pyrrole nitrogens is 1. The Balaban J connectivity index is 2.09. The standard InChI is InChI=1S/C13H17N3O3S/c1-10(9-20(2,18)19)15-11-3-5-12(6-4-11)16-8-7-14-13(16)17/h3-8,10,15H,9H2,1-2H3,(H,14,17). The summed E-state index contributed by atoms with van der Waals surface area (Å²) in [6.45, 7) is 1.81. The van der Waals surface area contributed by atoms with Gasteiger partial charge in [-0.3, -0.25) is 4.57 Å². The van der Waals surface area contributed by atoms with Gasteiger partial charge in [0, 0.05) is 30.4 Å². The van der Waals surface area contributed by atoms with Gasteiger partial charge in [0.15, 0.2) is 0 Å². The maximum Gasteiger partial charge on any atom is 0.330 e. The van der Waals surface area contributed by atoms with E-state index in [1.54, 1.807) is 24.5 Å². The minimum atomic E-state index is -3.00. The minimum absolute atomic E-state index is 0.0754. The van der Waals surface area contributed by atoms with Crippen LogP contribution in [-0.2, 0) is 9.84 Å². The molecule has 0 amide bonds. The summed E-state index contributed by atoms with van der Waals surface area (Å²) >= 11 is 0. The van der Waals surface area contributed by atoms with Gasteiger partial charge in [-0.1, -0.05) is 0 Å². The summed E-state index contributed by atoms with van der Waals surface area (Å²) in [4.78, 5) is 14.0. The van der Waals surface area contributed by atoms with Crippen LogP contribution in [0.3, 0.4) is 0 Å². The molecule has 0 saturated heterocycles. The Kier molecular flexibility index (Phi) is 3.99. The van der Waals surface area contributed by atoms with Crippen molar-refractivity contribution in [3.63, 3.8) is 0 Å². The van der Waals surface area contributed by atoms with Crippen molar-refractivity contribution >= 4 is 15.5 Å². The van der Waals surface area contributed by atoms with Crippen LogP contribution < -0.4 is 11.0 Å². The van der Waals surface area contributed by atoms with Crippen molar-refractivity contribution in [2.45, 2.75) is 13.0 Å². The van der Waals surface area contributed by atoms with Crippen molar-refractivity contribution in [3.05, 3.63) is 47.1 Å². The molecule has 0 aliphatic carbocycles. The van der Waals surface area contributed by atoms with Gasteiger partial charge in [-0.25, -0.2) is 13.2 Å². The van der Waals surface area contributed by atoms with Crippen LogP contribution in [0.15, 0.2) is 41.5 Å². The first kappa shape index (κ1) is 14.4. The monoisotopic (exact) mass is 295 g/mol. The van der Waals surface area contributed by atoms with Gasteiger partial charge in [0.2, 0.25) is 0 Å². The molecule has 0 aliphatic rings. The maximum absolute atomic E-state index is 11.5. The van der Waals surface area contributed by atoms with E-state index in [0.717, 1.165) is 11.4 Å². The number of aromatic amines is 1. The number of nitrogens with zero attached hydrogens (tertiary/aromatic N) is 1. The zero-order chi connectivity index (χ0) is 14.8. The Labute approximate surface area is 117 Å². The van der Waals surface area contributed by atoms with Crippen LogP contribution in [0.4, 0.5) is 5.69 Å². The predicted molar refractivity (Wildman–Crippen MR) is 79.2 cm³/mol. The predicted octanol–water partition coefficient (Wildman–Crippen LogP) is 1.01. The molecule has 1 heterocycles. The molecule has 2 aromatic rings. The molecule has 0 fully saturated rings. The van der Waals surface area contributed by atoms with Crippen molar-refractivity contribution < 1.29 is 8.42 Å². The molecule has 7 heteroatoms. The molecule has 1 unspecified atom stereocenters. The number of hydrogen-bond donors (Lipinski definition) is 2. The molecule has 1 aromatic heterocycles. The zero-order valence-electron chi connectivity index (χ0n) is 11.3. The lowest BCUT2D eigenvalue weighted by Gasteiger charge is -2.14. The first-order chi connectivity index (χ1) is 9.35. The molecular weight excluding hydrogens is 278 g/mol. The second-order valence-corrected chi connectivity index (χ2v) is 7.00. The van der Waals surface area contributed by atoms with Crippen LogP contribution in [0, 0.1) is 0 Å². The fraction of sp³-hybridized carbons (Fsp3) is 0.308. The average Bonchev–Trinajstić information content (AvgIpc) is 2.74. The highest BCUT2D eigenvalue weighted by atomic mass is 32.2. The van der Waals surface area contributed by atoms with Crippen LogP contribution in [-0.4, -0.2) is 36.0 Å². The topological polar surface area (TPSA) is 84.0 Å². The van der Waals surface area contributed by atoms with E-state index in [-0.39, 0.29) is 17.5 Å². The van der Waals surface area contributed by atoms with Gasteiger partial charge in [-0.2, -0.15) is 0 Å². The summed E-state index contributed by atoms with van der Waals surface area (Å²) < 4.78 is 23.9. The fourth-order valence-corrected chi connectivity index (χ4v) is 3.01. The van der Waals surface area contributed by atoms with Crippen molar-refractivity contribution in [1.29, 1.82) is 0 Å². The second-order valence-electron chi connectivity index (χ2n) is 4.82. The summed E-state index contributed by atoms with van der Waals surface area (Å²) in [5.41, 5.74) is 1.36. The molecule has 0 bridgehead atoms. The number of aromatic nitrogens is 2. The molecule has 2 rings (SSSR count). The molecule has 20 heavy (non-hydrogen) atoms. The summed E-state index contributed by atoms with van der Waals surface area (Å²) in [7, 11) is -3.00. The Hall–Kier alpha value is -2.02. The number of sulfone groups is 1. The zero-order valence-corrected chi connectivity index (χ0v) is 12.1. The van der Waals surface area contributed by atoms with Gasteiger partial charge < -0.3 is 10.3 Å². The largest absolute Gasteiger partial charge is 0.382 e. The van der Waals surface area contributed by atoms with E-state index in [1.807, 2.05) is 19.1 Å². The first-order valence-corrected chi connectivity index (χ1v) is 8.22. The Morgan fingerprint density at radius 2 is 1.95 bits per heavy atom. The van der Waals surface area contributed by atoms with E-state index in [9.17, 15) is 13.2 Å². The van der Waals surface area contributed by atoms with E-state index < -0.39 is 9.84 Å². The number of anilines is 1. The van der Waals surface area contributed by atoms with Crippen LogP contribution in [0.1, 0.15) is 6.92 Å². The molecule has 0 radical (unpaired) electrons. The van der Waals surface area contributed by atoms with E-state index in [0.29, 0.717) is 0 Å². The molecule has 1 aromatic carbocycles. The van der Waals surface area contributed by atoms with Gasteiger partial charge >= 0.3 is 5.69 Å². The average molecular weight is 295 g/mol. The molecule has 108 valence electrons.